The fourth-order valence-electron chi connectivity index (χ4n) is 1.72. The van der Waals surface area contributed by atoms with Gasteiger partial charge in [0, 0.05) is 6.07 Å². The molecular formula is C12H9F2N3O3. The van der Waals surface area contributed by atoms with Crippen molar-refractivity contribution in [3.8, 4) is 0 Å². The van der Waals surface area contributed by atoms with E-state index in [0.29, 0.717) is 11.6 Å². The van der Waals surface area contributed by atoms with Crippen LogP contribution in [0.25, 0.3) is 0 Å². The van der Waals surface area contributed by atoms with E-state index in [1.807, 2.05) is 0 Å². The molecule has 6 nitrogen and oxygen atoms in total. The van der Waals surface area contributed by atoms with E-state index < -0.39 is 22.3 Å². The van der Waals surface area contributed by atoms with Gasteiger partial charge in [-0.2, -0.15) is 4.68 Å². The summed E-state index contributed by atoms with van der Waals surface area (Å²) in [4.78, 5) is 21.8. The highest BCUT2D eigenvalue weighted by atomic mass is 19.1. The summed E-state index contributed by atoms with van der Waals surface area (Å²) in [6, 6.07) is 2.59. The largest absolute Gasteiger partial charge is 0.392 e. The average molecular weight is 281 g/mol. The predicted octanol–water partition coefficient (Wildman–Crippen LogP) is 2.26. The molecule has 0 aliphatic rings. The molecule has 0 aliphatic heterocycles. The summed E-state index contributed by atoms with van der Waals surface area (Å²) < 4.78 is 27.2. The van der Waals surface area contributed by atoms with Crippen LogP contribution in [0.15, 0.2) is 24.4 Å². The number of aryl methyl sites for hydroxylation is 1. The topological polar surface area (TPSA) is 78.0 Å². The molecule has 0 fully saturated rings. The van der Waals surface area contributed by atoms with Crippen molar-refractivity contribution in [3.05, 3.63) is 57.3 Å². The maximum absolute atomic E-state index is 13.4. The number of hydrogen-bond acceptors (Lipinski definition) is 4. The Morgan fingerprint density at radius 3 is 2.70 bits per heavy atom. The van der Waals surface area contributed by atoms with Gasteiger partial charge in [0.2, 0.25) is 0 Å². The van der Waals surface area contributed by atoms with Gasteiger partial charge < -0.3 is 10.1 Å². The number of rotatable bonds is 4. The Labute approximate surface area is 111 Å². The molecule has 1 aromatic carbocycles. The van der Waals surface area contributed by atoms with Gasteiger partial charge in [-0.05, 0) is 24.0 Å². The number of ketones is 1. The molecule has 0 atom stereocenters. The zero-order valence-corrected chi connectivity index (χ0v) is 10.3. The molecule has 0 N–H and O–H groups in total. The molecular weight excluding hydrogens is 272 g/mol. The summed E-state index contributed by atoms with van der Waals surface area (Å²) in [5, 5.41) is 14.2. The van der Waals surface area contributed by atoms with Crippen molar-refractivity contribution in [1.82, 2.24) is 9.78 Å². The third-order valence-electron chi connectivity index (χ3n) is 2.63. The van der Waals surface area contributed by atoms with Gasteiger partial charge in [-0.3, -0.25) is 4.79 Å². The Morgan fingerprint density at radius 2 is 2.15 bits per heavy atom. The number of nitrogens with zero attached hydrogens (tertiary/aromatic N) is 3. The average Bonchev–Trinajstić information content (AvgIpc) is 2.70. The van der Waals surface area contributed by atoms with Crippen LogP contribution < -0.4 is 0 Å². The molecule has 2 aromatic rings. The standard InChI is InChI=1S/C12H9F2N3O3/c1-7-5-16(15-12(7)17(19)20)6-11(18)9-3-2-8(13)4-10(9)14/h2-5H,6H2,1H3. The molecule has 0 saturated heterocycles. The quantitative estimate of drug-likeness (QED) is 0.489. The Hall–Kier alpha value is -2.64. The number of aromatic nitrogens is 2. The van der Waals surface area contributed by atoms with Gasteiger partial charge in [-0.25, -0.2) is 8.78 Å². The highest BCUT2D eigenvalue weighted by Crippen LogP contribution is 2.15. The Morgan fingerprint density at radius 1 is 1.45 bits per heavy atom. The van der Waals surface area contributed by atoms with Crippen molar-refractivity contribution in [1.29, 1.82) is 0 Å². The summed E-state index contributed by atoms with van der Waals surface area (Å²) in [6.45, 7) is 1.11. The number of hydrogen-bond donors (Lipinski definition) is 0. The van der Waals surface area contributed by atoms with Crippen molar-refractivity contribution >= 4 is 11.6 Å². The third-order valence-corrected chi connectivity index (χ3v) is 2.63. The van der Waals surface area contributed by atoms with Crippen molar-refractivity contribution in [2.24, 2.45) is 0 Å². The Balaban J connectivity index is 2.23. The summed E-state index contributed by atoms with van der Waals surface area (Å²) in [7, 11) is 0. The zero-order chi connectivity index (χ0) is 14.9. The lowest BCUT2D eigenvalue weighted by atomic mass is 10.1. The van der Waals surface area contributed by atoms with E-state index in [4.69, 9.17) is 0 Å². The summed E-state index contributed by atoms with van der Waals surface area (Å²) in [6.07, 6.45) is 1.32. The van der Waals surface area contributed by atoms with E-state index in [9.17, 15) is 23.7 Å². The lowest BCUT2D eigenvalue weighted by molar-refractivity contribution is -0.390. The first-order valence-electron chi connectivity index (χ1n) is 5.55. The number of nitro groups is 1. The van der Waals surface area contributed by atoms with Crippen LogP contribution in [-0.4, -0.2) is 20.5 Å². The number of Topliss-reactive ketones (excluding diaryl/α,β-unsaturated/α-hetero) is 1. The van der Waals surface area contributed by atoms with Gasteiger partial charge in [-0.15, -0.1) is 0 Å². The lowest BCUT2D eigenvalue weighted by Crippen LogP contribution is -2.13. The highest BCUT2D eigenvalue weighted by molar-refractivity contribution is 5.96. The van der Waals surface area contributed by atoms with E-state index in [0.717, 1.165) is 16.8 Å². The maximum atomic E-state index is 13.4. The number of carbonyl (C=O) groups is 1. The minimum atomic E-state index is -0.978. The van der Waals surface area contributed by atoms with Crippen LogP contribution in [0.3, 0.4) is 0 Å². The smallest absolute Gasteiger partial charge is 0.358 e. The summed E-state index contributed by atoms with van der Waals surface area (Å²) in [5.41, 5.74) is 0.00424. The number of halogens is 2. The third kappa shape index (κ3) is 2.68. The second-order valence-electron chi connectivity index (χ2n) is 4.14. The van der Waals surface area contributed by atoms with E-state index in [1.165, 1.54) is 13.1 Å². The first-order valence-corrected chi connectivity index (χ1v) is 5.55. The number of benzene rings is 1. The molecule has 1 aromatic heterocycles. The first kappa shape index (κ1) is 13.8. The van der Waals surface area contributed by atoms with Crippen LogP contribution in [0.4, 0.5) is 14.6 Å². The molecule has 0 spiro atoms. The van der Waals surface area contributed by atoms with Crippen LogP contribution in [0.2, 0.25) is 0 Å². The van der Waals surface area contributed by atoms with Crippen LogP contribution in [0, 0.1) is 28.7 Å². The molecule has 0 aliphatic carbocycles. The number of carbonyl (C=O) groups excluding carboxylic acids is 1. The molecule has 0 saturated carbocycles. The van der Waals surface area contributed by atoms with Crippen LogP contribution in [0.1, 0.15) is 15.9 Å². The Kier molecular flexibility index (Phi) is 3.55. The molecule has 8 heteroatoms. The van der Waals surface area contributed by atoms with Gasteiger partial charge >= 0.3 is 5.82 Å². The fraction of sp³-hybridized carbons (Fsp3) is 0.167. The van der Waals surface area contributed by atoms with Gasteiger partial charge in [-0.1, -0.05) is 0 Å². The van der Waals surface area contributed by atoms with Crippen LogP contribution in [0.5, 0.6) is 0 Å². The first-order chi connectivity index (χ1) is 9.38. The summed E-state index contributed by atoms with van der Waals surface area (Å²) in [5.74, 6) is -2.78. The fourth-order valence-corrected chi connectivity index (χ4v) is 1.72. The second-order valence-corrected chi connectivity index (χ2v) is 4.14. The van der Waals surface area contributed by atoms with Crippen molar-refractivity contribution in [2.75, 3.05) is 0 Å². The molecule has 0 radical (unpaired) electrons. The maximum Gasteiger partial charge on any atom is 0.392 e. The van der Waals surface area contributed by atoms with E-state index in [-0.39, 0.29) is 17.9 Å². The van der Waals surface area contributed by atoms with Crippen molar-refractivity contribution < 1.29 is 18.5 Å². The highest BCUT2D eigenvalue weighted by Gasteiger charge is 2.20. The predicted molar refractivity (Wildman–Crippen MR) is 64.3 cm³/mol. The van der Waals surface area contributed by atoms with E-state index in [1.54, 1.807) is 0 Å². The monoisotopic (exact) mass is 281 g/mol. The molecule has 20 heavy (non-hydrogen) atoms. The van der Waals surface area contributed by atoms with Crippen molar-refractivity contribution in [2.45, 2.75) is 13.5 Å². The van der Waals surface area contributed by atoms with Crippen LogP contribution >= 0.6 is 0 Å². The van der Waals surface area contributed by atoms with Gasteiger partial charge in [0.05, 0.1) is 22.4 Å². The molecule has 2 rings (SSSR count). The SMILES string of the molecule is Cc1cn(CC(=O)c2ccc(F)cc2F)nc1[N+](=O)[O-]. The second kappa shape index (κ2) is 5.16. The molecule has 0 bridgehead atoms. The normalized spacial score (nSPS) is 10.6. The van der Waals surface area contributed by atoms with E-state index in [2.05, 4.69) is 5.10 Å². The summed E-state index contributed by atoms with van der Waals surface area (Å²) >= 11 is 0. The molecule has 1 heterocycles. The zero-order valence-electron chi connectivity index (χ0n) is 10.3. The molecule has 104 valence electrons. The van der Waals surface area contributed by atoms with Gasteiger partial charge in [0.1, 0.15) is 18.2 Å². The van der Waals surface area contributed by atoms with E-state index >= 15 is 0 Å². The minimum absolute atomic E-state index is 0.290. The lowest BCUT2D eigenvalue weighted by Gasteiger charge is -2.01. The molecule has 0 unspecified atom stereocenters. The Bertz CT molecular complexity index is 697. The van der Waals surface area contributed by atoms with Gasteiger partial charge in [0.25, 0.3) is 0 Å². The molecule has 0 amide bonds. The minimum Gasteiger partial charge on any atom is -0.358 e. The van der Waals surface area contributed by atoms with Crippen LogP contribution in [-0.2, 0) is 6.54 Å². The van der Waals surface area contributed by atoms with Crippen molar-refractivity contribution in [3.63, 3.8) is 0 Å². The van der Waals surface area contributed by atoms with Gasteiger partial charge in [0.15, 0.2) is 5.78 Å².